The van der Waals surface area contributed by atoms with Crippen LogP contribution in [0, 0.1) is 12.7 Å². The quantitative estimate of drug-likeness (QED) is 0.928. The molecule has 2 rings (SSSR count). The molecule has 1 aromatic carbocycles. The first kappa shape index (κ1) is 12.5. The number of benzene rings is 1. The molecule has 0 unspecified atom stereocenters. The van der Waals surface area contributed by atoms with Gasteiger partial charge >= 0.3 is 0 Å². The lowest BCUT2D eigenvalue weighted by Crippen LogP contribution is -2.01. The van der Waals surface area contributed by atoms with Crippen LogP contribution in [0.1, 0.15) is 10.7 Å². The number of hydrogen-bond acceptors (Lipinski definition) is 3. The van der Waals surface area contributed by atoms with Crippen LogP contribution in [0.5, 0.6) is 0 Å². The van der Waals surface area contributed by atoms with Gasteiger partial charge in [0.2, 0.25) is 0 Å². The summed E-state index contributed by atoms with van der Waals surface area (Å²) in [5, 5.41) is 1.33. The van der Waals surface area contributed by atoms with E-state index in [1.807, 2.05) is 6.92 Å². The minimum atomic E-state index is -0.316. The Hall–Kier alpha value is -0.970. The molecular formula is C12H12ClFN2S. The van der Waals surface area contributed by atoms with E-state index in [-0.39, 0.29) is 5.82 Å². The summed E-state index contributed by atoms with van der Waals surface area (Å²) in [6.45, 7) is 2.39. The van der Waals surface area contributed by atoms with Gasteiger partial charge in [0.15, 0.2) is 0 Å². The molecule has 2 N–H and O–H groups in total. The Morgan fingerprint density at radius 3 is 2.88 bits per heavy atom. The van der Waals surface area contributed by atoms with Gasteiger partial charge in [-0.25, -0.2) is 9.37 Å². The monoisotopic (exact) mass is 270 g/mol. The third-order valence-corrected chi connectivity index (χ3v) is 3.94. The Bertz CT molecular complexity index is 519. The van der Waals surface area contributed by atoms with E-state index in [1.54, 1.807) is 12.1 Å². The lowest BCUT2D eigenvalue weighted by molar-refractivity contribution is 0.631. The number of aromatic nitrogens is 1. The zero-order valence-corrected chi connectivity index (χ0v) is 10.9. The van der Waals surface area contributed by atoms with Crippen molar-refractivity contribution >= 4 is 22.9 Å². The molecule has 2 aromatic rings. The molecule has 0 atom stereocenters. The van der Waals surface area contributed by atoms with Gasteiger partial charge in [-0.1, -0.05) is 17.7 Å². The maximum atomic E-state index is 13.8. The highest BCUT2D eigenvalue weighted by Crippen LogP contribution is 2.36. The number of rotatable bonds is 3. The van der Waals surface area contributed by atoms with Crippen LogP contribution in [0.4, 0.5) is 4.39 Å². The lowest BCUT2D eigenvalue weighted by atomic mass is 10.1. The molecule has 0 aliphatic heterocycles. The van der Waals surface area contributed by atoms with Crippen LogP contribution in [0.25, 0.3) is 10.4 Å². The van der Waals surface area contributed by atoms with E-state index < -0.39 is 0 Å². The summed E-state index contributed by atoms with van der Waals surface area (Å²) < 4.78 is 13.8. The Labute approximate surface area is 108 Å². The van der Waals surface area contributed by atoms with Gasteiger partial charge in [0.05, 0.1) is 20.6 Å². The first-order chi connectivity index (χ1) is 8.13. The summed E-state index contributed by atoms with van der Waals surface area (Å²) in [7, 11) is 0. The van der Waals surface area contributed by atoms with Gasteiger partial charge in [-0.05, 0) is 25.6 Å². The molecule has 0 fully saturated rings. The van der Waals surface area contributed by atoms with Crippen LogP contribution in [0.2, 0.25) is 5.02 Å². The predicted molar refractivity (Wildman–Crippen MR) is 70.0 cm³/mol. The molecule has 0 spiro atoms. The second kappa shape index (κ2) is 5.12. The highest BCUT2D eigenvalue weighted by Gasteiger charge is 2.16. The molecule has 90 valence electrons. The van der Waals surface area contributed by atoms with E-state index in [0.29, 0.717) is 23.6 Å². The Kier molecular flexibility index (Phi) is 3.76. The van der Waals surface area contributed by atoms with Gasteiger partial charge in [0, 0.05) is 12.0 Å². The third-order valence-electron chi connectivity index (χ3n) is 2.39. The Morgan fingerprint density at radius 2 is 2.24 bits per heavy atom. The summed E-state index contributed by atoms with van der Waals surface area (Å²) in [6.07, 6.45) is 0.706. The van der Waals surface area contributed by atoms with E-state index in [4.69, 9.17) is 17.3 Å². The molecule has 1 aromatic heterocycles. The lowest BCUT2D eigenvalue weighted by Gasteiger charge is -2.03. The molecule has 0 aliphatic carbocycles. The van der Waals surface area contributed by atoms with Crippen LogP contribution in [-0.4, -0.2) is 11.5 Å². The molecule has 2 nitrogen and oxygen atoms in total. The van der Waals surface area contributed by atoms with E-state index in [1.165, 1.54) is 17.4 Å². The Balaban J connectivity index is 2.52. The molecule has 0 bridgehead atoms. The standard InChI is InChI=1S/C12H12ClFN2S/c1-7-12(17-10(16-7)5-6-15)11-8(13)3-2-4-9(11)14/h2-4H,5-6,15H2,1H3. The van der Waals surface area contributed by atoms with Gasteiger partial charge in [-0.2, -0.15) is 0 Å². The van der Waals surface area contributed by atoms with Crippen molar-refractivity contribution in [3.63, 3.8) is 0 Å². The number of halogens is 2. The second-order valence-electron chi connectivity index (χ2n) is 3.66. The highest BCUT2D eigenvalue weighted by molar-refractivity contribution is 7.15. The summed E-state index contributed by atoms with van der Waals surface area (Å²) >= 11 is 7.49. The normalized spacial score (nSPS) is 10.8. The summed E-state index contributed by atoms with van der Waals surface area (Å²) in [4.78, 5) is 5.16. The van der Waals surface area contributed by atoms with Crippen molar-refractivity contribution in [3.05, 3.63) is 39.7 Å². The first-order valence-electron chi connectivity index (χ1n) is 5.24. The highest BCUT2D eigenvalue weighted by atomic mass is 35.5. The number of nitrogens with two attached hydrogens (primary N) is 1. The molecule has 5 heteroatoms. The number of hydrogen-bond donors (Lipinski definition) is 1. The minimum absolute atomic E-state index is 0.316. The predicted octanol–water partition coefficient (Wildman–Crippen LogP) is 3.41. The summed E-state index contributed by atoms with van der Waals surface area (Å²) in [5.41, 5.74) is 6.72. The van der Waals surface area contributed by atoms with Crippen LogP contribution in [0.3, 0.4) is 0 Å². The molecule has 0 radical (unpaired) electrons. The zero-order valence-electron chi connectivity index (χ0n) is 9.34. The van der Waals surface area contributed by atoms with Crippen LogP contribution in [-0.2, 0) is 6.42 Å². The molecule has 0 aliphatic rings. The van der Waals surface area contributed by atoms with E-state index in [9.17, 15) is 4.39 Å². The van der Waals surface area contributed by atoms with Gasteiger partial charge < -0.3 is 5.73 Å². The van der Waals surface area contributed by atoms with Crippen molar-refractivity contribution in [2.24, 2.45) is 5.73 Å². The fourth-order valence-electron chi connectivity index (χ4n) is 1.63. The molecule has 1 heterocycles. The summed E-state index contributed by atoms with van der Waals surface area (Å²) in [6, 6.07) is 4.68. The number of nitrogens with zero attached hydrogens (tertiary/aromatic N) is 1. The van der Waals surface area contributed by atoms with E-state index in [2.05, 4.69) is 4.98 Å². The SMILES string of the molecule is Cc1nc(CCN)sc1-c1c(F)cccc1Cl. The Morgan fingerprint density at radius 1 is 1.47 bits per heavy atom. The molecule has 17 heavy (non-hydrogen) atoms. The van der Waals surface area contributed by atoms with Gasteiger partial charge in [-0.15, -0.1) is 11.3 Å². The zero-order chi connectivity index (χ0) is 12.4. The smallest absolute Gasteiger partial charge is 0.133 e. The molecule has 0 saturated carbocycles. The molecule has 0 amide bonds. The molecule has 0 saturated heterocycles. The van der Waals surface area contributed by atoms with Crippen molar-refractivity contribution in [1.29, 1.82) is 0 Å². The van der Waals surface area contributed by atoms with Crippen molar-refractivity contribution in [2.45, 2.75) is 13.3 Å². The minimum Gasteiger partial charge on any atom is -0.330 e. The van der Waals surface area contributed by atoms with E-state index >= 15 is 0 Å². The number of aryl methyl sites for hydroxylation is 1. The van der Waals surface area contributed by atoms with Crippen molar-refractivity contribution in [2.75, 3.05) is 6.54 Å². The van der Waals surface area contributed by atoms with Crippen molar-refractivity contribution in [1.82, 2.24) is 4.98 Å². The van der Waals surface area contributed by atoms with Gasteiger partial charge in [0.1, 0.15) is 5.82 Å². The largest absolute Gasteiger partial charge is 0.330 e. The first-order valence-corrected chi connectivity index (χ1v) is 6.43. The molecular weight excluding hydrogens is 259 g/mol. The average Bonchev–Trinajstić information content (AvgIpc) is 2.60. The maximum Gasteiger partial charge on any atom is 0.133 e. The fraction of sp³-hybridized carbons (Fsp3) is 0.250. The fourth-order valence-corrected chi connectivity index (χ4v) is 3.08. The van der Waals surface area contributed by atoms with Crippen LogP contribution in [0.15, 0.2) is 18.2 Å². The van der Waals surface area contributed by atoms with Crippen molar-refractivity contribution in [3.8, 4) is 10.4 Å². The van der Waals surface area contributed by atoms with Crippen molar-refractivity contribution < 1.29 is 4.39 Å². The average molecular weight is 271 g/mol. The number of thiazole rings is 1. The van der Waals surface area contributed by atoms with Gasteiger partial charge in [-0.3, -0.25) is 0 Å². The van der Waals surface area contributed by atoms with E-state index in [0.717, 1.165) is 15.6 Å². The second-order valence-corrected chi connectivity index (χ2v) is 5.15. The van der Waals surface area contributed by atoms with Crippen LogP contribution < -0.4 is 5.73 Å². The summed E-state index contributed by atoms with van der Waals surface area (Å²) in [5.74, 6) is -0.316. The maximum absolute atomic E-state index is 13.8. The van der Waals surface area contributed by atoms with Gasteiger partial charge in [0.25, 0.3) is 0 Å². The topological polar surface area (TPSA) is 38.9 Å². The third kappa shape index (κ3) is 2.49. The van der Waals surface area contributed by atoms with Crippen LogP contribution >= 0.6 is 22.9 Å².